The first-order valence-electron chi connectivity index (χ1n) is 8.02. The van der Waals surface area contributed by atoms with Crippen molar-refractivity contribution < 1.29 is 9.32 Å². The van der Waals surface area contributed by atoms with E-state index < -0.39 is 0 Å². The first-order valence-corrected chi connectivity index (χ1v) is 8.02. The van der Waals surface area contributed by atoms with E-state index in [1.165, 1.54) is 10.9 Å². The molecule has 3 heterocycles. The van der Waals surface area contributed by atoms with E-state index >= 15 is 0 Å². The molecular formula is C16H18N4O3. The van der Waals surface area contributed by atoms with Gasteiger partial charge in [0.15, 0.2) is 0 Å². The maximum Gasteiger partial charge on any atom is 0.292 e. The monoisotopic (exact) mass is 314 g/mol. The normalized spacial score (nSPS) is 20.9. The van der Waals surface area contributed by atoms with Gasteiger partial charge in [0.1, 0.15) is 0 Å². The van der Waals surface area contributed by atoms with Crippen molar-refractivity contribution in [2.24, 2.45) is 0 Å². The van der Waals surface area contributed by atoms with Gasteiger partial charge in [-0.25, -0.2) is 4.68 Å². The van der Waals surface area contributed by atoms with Gasteiger partial charge in [0, 0.05) is 24.6 Å². The molecule has 4 rings (SSSR count). The van der Waals surface area contributed by atoms with Gasteiger partial charge in [0.25, 0.3) is 11.5 Å². The molecule has 1 atom stereocenters. The molecule has 0 bridgehead atoms. The Morgan fingerprint density at radius 3 is 2.87 bits per heavy atom. The van der Waals surface area contributed by atoms with Crippen LogP contribution in [0.4, 0.5) is 0 Å². The van der Waals surface area contributed by atoms with Crippen molar-refractivity contribution >= 4 is 5.91 Å². The van der Waals surface area contributed by atoms with E-state index in [0.717, 1.165) is 31.4 Å². The Labute approximate surface area is 132 Å². The summed E-state index contributed by atoms with van der Waals surface area (Å²) in [6.45, 7) is 1.10. The minimum Gasteiger partial charge on any atom is -0.351 e. The zero-order valence-electron chi connectivity index (χ0n) is 12.7. The van der Waals surface area contributed by atoms with E-state index in [1.807, 2.05) is 6.07 Å². The van der Waals surface area contributed by atoms with E-state index in [-0.39, 0.29) is 23.3 Å². The summed E-state index contributed by atoms with van der Waals surface area (Å²) in [5.74, 6) is 0.567. The summed E-state index contributed by atoms with van der Waals surface area (Å²) in [6, 6.07) is 4.93. The quantitative estimate of drug-likeness (QED) is 0.852. The molecule has 23 heavy (non-hydrogen) atoms. The number of carbonyl (C=O) groups excluding carboxylic acids is 1. The minimum atomic E-state index is -0.170. The van der Waals surface area contributed by atoms with Crippen molar-refractivity contribution in [2.45, 2.75) is 44.2 Å². The third kappa shape index (κ3) is 2.78. The Balaban J connectivity index is 1.54. The largest absolute Gasteiger partial charge is 0.351 e. The van der Waals surface area contributed by atoms with Gasteiger partial charge in [0.05, 0.1) is 24.5 Å². The molecule has 2 fully saturated rings. The highest BCUT2D eigenvalue weighted by Gasteiger charge is 2.32. The van der Waals surface area contributed by atoms with Crippen LogP contribution in [0.3, 0.4) is 0 Å². The molecule has 0 spiro atoms. The first-order chi connectivity index (χ1) is 11.2. The molecule has 2 aromatic heterocycles. The molecule has 1 amide bonds. The van der Waals surface area contributed by atoms with Crippen molar-refractivity contribution in [1.29, 1.82) is 0 Å². The number of likely N-dealkylation sites (tertiary alicyclic amines) is 1. The fourth-order valence-corrected chi connectivity index (χ4v) is 3.15. The Morgan fingerprint density at radius 2 is 2.13 bits per heavy atom. The molecule has 0 aromatic carbocycles. The maximum absolute atomic E-state index is 12.5. The number of nitrogens with zero attached hydrogens (tertiary/aromatic N) is 4. The zero-order valence-corrected chi connectivity index (χ0v) is 12.7. The molecule has 1 unspecified atom stereocenters. The minimum absolute atomic E-state index is 0.0350. The van der Waals surface area contributed by atoms with Gasteiger partial charge in [-0.15, -0.1) is 0 Å². The number of amides is 1. The average Bonchev–Trinajstić information content (AvgIpc) is 3.08. The van der Waals surface area contributed by atoms with Gasteiger partial charge >= 0.3 is 0 Å². The van der Waals surface area contributed by atoms with Crippen LogP contribution in [0.5, 0.6) is 0 Å². The van der Waals surface area contributed by atoms with E-state index in [0.29, 0.717) is 19.0 Å². The Bertz CT molecular complexity index is 764. The first kappa shape index (κ1) is 14.2. The molecule has 1 saturated carbocycles. The second-order valence-electron chi connectivity index (χ2n) is 6.22. The van der Waals surface area contributed by atoms with Crippen molar-refractivity contribution in [3.8, 4) is 0 Å². The Morgan fingerprint density at radius 1 is 1.26 bits per heavy atom. The second-order valence-corrected chi connectivity index (χ2v) is 6.22. The zero-order chi connectivity index (χ0) is 15.8. The van der Waals surface area contributed by atoms with Crippen LogP contribution in [0.1, 0.15) is 47.8 Å². The summed E-state index contributed by atoms with van der Waals surface area (Å²) >= 11 is 0. The maximum atomic E-state index is 12.5. The fourth-order valence-electron chi connectivity index (χ4n) is 3.15. The predicted octanol–water partition coefficient (Wildman–Crippen LogP) is 1.41. The van der Waals surface area contributed by atoms with Crippen LogP contribution in [0, 0.1) is 0 Å². The average molecular weight is 314 g/mol. The van der Waals surface area contributed by atoms with Crippen molar-refractivity contribution in [2.75, 3.05) is 6.54 Å². The lowest BCUT2D eigenvalue weighted by molar-refractivity contribution is 0.0678. The molecule has 120 valence electrons. The second kappa shape index (κ2) is 5.64. The standard InChI is InChI=1S/C16H18N4O3/c21-15-6-5-13(11-3-4-11)18-20(15)10-12-2-1-9-19(12)16(22)14-7-8-17-23-14/h5-8,11-12H,1-4,9-10H2. The number of hydrogen-bond donors (Lipinski definition) is 0. The molecule has 1 saturated heterocycles. The molecular weight excluding hydrogens is 296 g/mol. The highest BCUT2D eigenvalue weighted by Crippen LogP contribution is 2.38. The Hall–Kier alpha value is -2.44. The van der Waals surface area contributed by atoms with Crippen LogP contribution in [0.2, 0.25) is 0 Å². The van der Waals surface area contributed by atoms with E-state index in [4.69, 9.17) is 4.52 Å². The number of aromatic nitrogens is 3. The lowest BCUT2D eigenvalue weighted by atomic mass is 10.2. The van der Waals surface area contributed by atoms with Gasteiger partial charge < -0.3 is 9.42 Å². The van der Waals surface area contributed by atoms with Crippen LogP contribution in [-0.4, -0.2) is 38.3 Å². The summed E-state index contributed by atoms with van der Waals surface area (Å²) in [5.41, 5.74) is 0.865. The van der Waals surface area contributed by atoms with Crippen molar-refractivity contribution in [3.05, 3.63) is 46.2 Å². The van der Waals surface area contributed by atoms with Gasteiger partial charge in [-0.3, -0.25) is 9.59 Å². The Kier molecular flexibility index (Phi) is 3.48. The number of hydrogen-bond acceptors (Lipinski definition) is 5. The topological polar surface area (TPSA) is 81.2 Å². The summed E-state index contributed by atoms with van der Waals surface area (Å²) in [5, 5.41) is 8.07. The molecule has 1 aliphatic carbocycles. The highest BCUT2D eigenvalue weighted by molar-refractivity contribution is 5.91. The smallest absolute Gasteiger partial charge is 0.292 e. The van der Waals surface area contributed by atoms with E-state index in [2.05, 4.69) is 10.3 Å². The molecule has 7 heteroatoms. The molecule has 7 nitrogen and oxygen atoms in total. The van der Waals surface area contributed by atoms with Gasteiger partial charge in [-0.1, -0.05) is 5.16 Å². The third-order valence-electron chi connectivity index (χ3n) is 4.55. The summed E-state index contributed by atoms with van der Waals surface area (Å²) in [7, 11) is 0. The van der Waals surface area contributed by atoms with Crippen LogP contribution in [-0.2, 0) is 6.54 Å². The van der Waals surface area contributed by atoms with E-state index in [9.17, 15) is 9.59 Å². The highest BCUT2D eigenvalue weighted by atomic mass is 16.5. The summed E-state index contributed by atoms with van der Waals surface area (Å²) < 4.78 is 6.47. The van der Waals surface area contributed by atoms with Crippen LogP contribution in [0.25, 0.3) is 0 Å². The molecule has 2 aliphatic rings. The third-order valence-corrected chi connectivity index (χ3v) is 4.55. The van der Waals surface area contributed by atoms with Gasteiger partial charge in [-0.2, -0.15) is 5.10 Å². The van der Waals surface area contributed by atoms with Gasteiger partial charge in [-0.05, 0) is 31.7 Å². The number of carbonyl (C=O) groups is 1. The van der Waals surface area contributed by atoms with E-state index in [1.54, 1.807) is 17.0 Å². The lowest BCUT2D eigenvalue weighted by Gasteiger charge is -2.23. The summed E-state index contributed by atoms with van der Waals surface area (Å²) in [4.78, 5) is 26.3. The number of rotatable bonds is 4. The SMILES string of the molecule is O=C(c1ccno1)N1CCCC1Cn1nc(C2CC2)ccc1=O. The van der Waals surface area contributed by atoms with Crippen molar-refractivity contribution in [3.63, 3.8) is 0 Å². The van der Waals surface area contributed by atoms with Crippen LogP contribution in [0.15, 0.2) is 33.7 Å². The molecule has 0 N–H and O–H groups in total. The summed E-state index contributed by atoms with van der Waals surface area (Å²) in [6.07, 6.45) is 5.53. The lowest BCUT2D eigenvalue weighted by Crippen LogP contribution is -2.40. The van der Waals surface area contributed by atoms with Gasteiger partial charge in [0.2, 0.25) is 5.76 Å². The van der Waals surface area contributed by atoms with Crippen LogP contribution < -0.4 is 5.56 Å². The molecule has 0 radical (unpaired) electrons. The van der Waals surface area contributed by atoms with Crippen LogP contribution >= 0.6 is 0 Å². The molecule has 2 aromatic rings. The predicted molar refractivity (Wildman–Crippen MR) is 81.0 cm³/mol. The van der Waals surface area contributed by atoms with Crippen molar-refractivity contribution in [1.82, 2.24) is 19.8 Å². The fraction of sp³-hybridized carbons (Fsp3) is 0.500. The molecule has 1 aliphatic heterocycles.